The molecule has 0 unspecified atom stereocenters. The minimum absolute atomic E-state index is 0.0956. The number of hydrogen-bond acceptors (Lipinski definition) is 4. The molecule has 1 aromatic carbocycles. The van der Waals surface area contributed by atoms with Crippen LogP contribution in [0.25, 0.3) is 0 Å². The van der Waals surface area contributed by atoms with E-state index in [2.05, 4.69) is 11.8 Å². The van der Waals surface area contributed by atoms with Gasteiger partial charge in [0.25, 0.3) is 5.91 Å². The van der Waals surface area contributed by atoms with Gasteiger partial charge in [-0.3, -0.25) is 4.79 Å². The highest BCUT2D eigenvalue weighted by atomic mass is 16.5. The molecule has 0 aliphatic carbocycles. The van der Waals surface area contributed by atoms with E-state index in [4.69, 9.17) is 4.74 Å². The first-order valence-electron chi connectivity index (χ1n) is 6.86. The predicted octanol–water partition coefficient (Wildman–Crippen LogP) is 1.25. The molecule has 1 aliphatic heterocycles. The number of carbonyl (C=O) groups excluding carboxylic acids is 2. The molecule has 0 N–H and O–H groups in total. The number of esters is 1. The Morgan fingerprint density at radius 3 is 2.25 bits per heavy atom. The average Bonchev–Trinajstić information content (AvgIpc) is 2.53. The van der Waals surface area contributed by atoms with Gasteiger partial charge >= 0.3 is 5.97 Å². The molecule has 0 aromatic heterocycles. The van der Waals surface area contributed by atoms with E-state index in [1.807, 2.05) is 0 Å². The van der Waals surface area contributed by atoms with Gasteiger partial charge in [0.1, 0.15) is 0 Å². The van der Waals surface area contributed by atoms with Crippen molar-refractivity contribution < 1.29 is 14.3 Å². The summed E-state index contributed by atoms with van der Waals surface area (Å²) in [7, 11) is 1.32. The second-order valence-electron chi connectivity index (χ2n) is 4.76. The maximum Gasteiger partial charge on any atom is 0.338 e. The van der Waals surface area contributed by atoms with Crippen molar-refractivity contribution in [2.45, 2.75) is 6.92 Å². The van der Waals surface area contributed by atoms with Gasteiger partial charge in [0.2, 0.25) is 0 Å². The van der Waals surface area contributed by atoms with Crippen LogP contribution >= 0.6 is 0 Å². The van der Waals surface area contributed by atoms with E-state index in [1.165, 1.54) is 7.11 Å². The highest BCUT2D eigenvalue weighted by Crippen LogP contribution is 2.14. The summed E-state index contributed by atoms with van der Waals surface area (Å²) in [5.74, 6) is -0.567. The lowest BCUT2D eigenvalue weighted by Gasteiger charge is -2.34. The molecule has 20 heavy (non-hydrogen) atoms. The molecule has 0 radical (unpaired) electrons. The zero-order chi connectivity index (χ0) is 14.5. The van der Waals surface area contributed by atoms with Crippen molar-refractivity contribution in [2.75, 3.05) is 39.8 Å². The van der Waals surface area contributed by atoms with Gasteiger partial charge in [0, 0.05) is 26.2 Å². The van der Waals surface area contributed by atoms with Gasteiger partial charge in [-0.25, -0.2) is 4.79 Å². The molecule has 0 bridgehead atoms. The number of piperazine rings is 1. The van der Waals surface area contributed by atoms with E-state index >= 15 is 0 Å². The molecule has 2 rings (SSSR count). The Morgan fingerprint density at radius 1 is 1.10 bits per heavy atom. The van der Waals surface area contributed by atoms with Gasteiger partial charge in [-0.1, -0.05) is 19.1 Å². The molecule has 1 aromatic rings. The van der Waals surface area contributed by atoms with Gasteiger partial charge in [0.05, 0.1) is 18.2 Å². The number of ether oxygens (including phenoxy) is 1. The quantitative estimate of drug-likeness (QED) is 0.780. The number of nitrogens with zero attached hydrogens (tertiary/aromatic N) is 2. The third-order valence-corrected chi connectivity index (χ3v) is 3.67. The Hall–Kier alpha value is -1.88. The largest absolute Gasteiger partial charge is 0.465 e. The van der Waals surface area contributed by atoms with Gasteiger partial charge in [-0.2, -0.15) is 0 Å². The topological polar surface area (TPSA) is 49.9 Å². The number of hydrogen-bond donors (Lipinski definition) is 0. The lowest BCUT2D eigenvalue weighted by atomic mass is 10.1. The second kappa shape index (κ2) is 6.52. The van der Waals surface area contributed by atoms with Crippen LogP contribution in [-0.4, -0.2) is 61.5 Å². The second-order valence-corrected chi connectivity index (χ2v) is 4.76. The van der Waals surface area contributed by atoms with Gasteiger partial charge in [0.15, 0.2) is 0 Å². The molecule has 5 nitrogen and oxygen atoms in total. The molecular formula is C15H20N2O3. The zero-order valence-corrected chi connectivity index (χ0v) is 12.0. The summed E-state index contributed by atoms with van der Waals surface area (Å²) >= 11 is 0. The van der Waals surface area contributed by atoms with Crippen molar-refractivity contribution in [3.63, 3.8) is 0 Å². The summed E-state index contributed by atoms with van der Waals surface area (Å²) in [5.41, 5.74) is 0.752. The van der Waals surface area contributed by atoms with Gasteiger partial charge in [-0.15, -0.1) is 0 Å². The van der Waals surface area contributed by atoms with E-state index in [-0.39, 0.29) is 5.91 Å². The van der Waals surface area contributed by atoms with Crippen LogP contribution in [0.1, 0.15) is 27.6 Å². The number of amides is 1. The van der Waals surface area contributed by atoms with Crippen LogP contribution in [0.3, 0.4) is 0 Å². The first kappa shape index (κ1) is 14.5. The van der Waals surface area contributed by atoms with Crippen molar-refractivity contribution in [3.8, 4) is 0 Å². The van der Waals surface area contributed by atoms with Gasteiger partial charge < -0.3 is 14.5 Å². The maximum atomic E-state index is 12.5. The van der Waals surface area contributed by atoms with Crippen molar-refractivity contribution >= 4 is 11.9 Å². The summed E-state index contributed by atoms with van der Waals surface area (Å²) in [6.07, 6.45) is 0. The fourth-order valence-electron chi connectivity index (χ4n) is 2.40. The number of carbonyl (C=O) groups is 2. The first-order chi connectivity index (χ1) is 9.67. The summed E-state index contributed by atoms with van der Waals surface area (Å²) in [6, 6.07) is 6.81. The van der Waals surface area contributed by atoms with Gasteiger partial charge in [-0.05, 0) is 18.7 Å². The molecule has 1 heterocycles. The Balaban J connectivity index is 2.16. The number of rotatable bonds is 3. The Kier molecular flexibility index (Phi) is 4.74. The molecule has 1 saturated heterocycles. The molecule has 1 amide bonds. The molecule has 0 saturated carbocycles. The minimum atomic E-state index is -0.471. The number of methoxy groups -OCH3 is 1. The van der Waals surface area contributed by atoms with E-state index in [1.54, 1.807) is 29.2 Å². The highest BCUT2D eigenvalue weighted by molar-refractivity contribution is 6.05. The SMILES string of the molecule is CCN1CCN(C(=O)c2ccccc2C(=O)OC)CC1. The summed E-state index contributed by atoms with van der Waals surface area (Å²) in [6.45, 7) is 6.26. The Morgan fingerprint density at radius 2 is 1.70 bits per heavy atom. The van der Waals surface area contributed by atoms with Crippen LogP contribution in [0.4, 0.5) is 0 Å². The number of benzene rings is 1. The van der Waals surface area contributed by atoms with Crippen molar-refractivity contribution in [1.82, 2.24) is 9.80 Å². The van der Waals surface area contributed by atoms with E-state index < -0.39 is 5.97 Å². The highest BCUT2D eigenvalue weighted by Gasteiger charge is 2.24. The van der Waals surface area contributed by atoms with Crippen LogP contribution in [0, 0.1) is 0 Å². The van der Waals surface area contributed by atoms with Crippen LogP contribution < -0.4 is 0 Å². The lowest BCUT2D eigenvalue weighted by molar-refractivity contribution is 0.0575. The standard InChI is InChI=1S/C15H20N2O3/c1-3-16-8-10-17(11-9-16)14(18)12-6-4-5-7-13(12)15(19)20-2/h4-7H,3,8-11H2,1-2H3. The van der Waals surface area contributed by atoms with E-state index in [0.29, 0.717) is 24.2 Å². The lowest BCUT2D eigenvalue weighted by Crippen LogP contribution is -2.48. The zero-order valence-electron chi connectivity index (χ0n) is 12.0. The fraction of sp³-hybridized carbons (Fsp3) is 0.467. The normalized spacial score (nSPS) is 16.0. The van der Waals surface area contributed by atoms with E-state index in [9.17, 15) is 9.59 Å². The molecule has 0 spiro atoms. The van der Waals surface area contributed by atoms with E-state index in [0.717, 1.165) is 19.6 Å². The summed E-state index contributed by atoms with van der Waals surface area (Å²) in [5, 5.41) is 0. The third-order valence-electron chi connectivity index (χ3n) is 3.67. The average molecular weight is 276 g/mol. The van der Waals surface area contributed by atoms with Crippen LogP contribution in [0.5, 0.6) is 0 Å². The maximum absolute atomic E-state index is 12.5. The monoisotopic (exact) mass is 276 g/mol. The molecule has 1 fully saturated rings. The predicted molar refractivity (Wildman–Crippen MR) is 75.8 cm³/mol. The van der Waals surface area contributed by atoms with Crippen molar-refractivity contribution in [3.05, 3.63) is 35.4 Å². The van der Waals surface area contributed by atoms with Crippen molar-refractivity contribution in [1.29, 1.82) is 0 Å². The molecule has 0 atom stereocenters. The smallest absolute Gasteiger partial charge is 0.338 e. The van der Waals surface area contributed by atoms with Crippen molar-refractivity contribution in [2.24, 2.45) is 0 Å². The Labute approximate surface area is 119 Å². The summed E-state index contributed by atoms with van der Waals surface area (Å²) < 4.78 is 4.73. The fourth-order valence-corrected chi connectivity index (χ4v) is 2.40. The Bertz CT molecular complexity index is 494. The number of likely N-dealkylation sites (N-methyl/N-ethyl adjacent to an activating group) is 1. The third kappa shape index (κ3) is 2.99. The minimum Gasteiger partial charge on any atom is -0.465 e. The first-order valence-corrected chi connectivity index (χ1v) is 6.86. The molecule has 1 aliphatic rings. The molecular weight excluding hydrogens is 256 g/mol. The summed E-state index contributed by atoms with van der Waals surface area (Å²) in [4.78, 5) is 28.4. The molecule has 5 heteroatoms. The van der Waals surface area contributed by atoms with Crippen LogP contribution in [-0.2, 0) is 4.74 Å². The molecule has 108 valence electrons. The van der Waals surface area contributed by atoms with Crippen LogP contribution in [0.15, 0.2) is 24.3 Å². The van der Waals surface area contributed by atoms with Crippen LogP contribution in [0.2, 0.25) is 0 Å².